The summed E-state index contributed by atoms with van der Waals surface area (Å²) in [5.41, 5.74) is 0.417. The van der Waals surface area contributed by atoms with Crippen molar-refractivity contribution in [3.05, 3.63) is 18.0 Å². The Morgan fingerprint density at radius 2 is 2.04 bits per heavy atom. The van der Waals surface area contributed by atoms with E-state index >= 15 is 0 Å². The lowest BCUT2D eigenvalue weighted by atomic mass is 9.93. The number of nitrogens with zero attached hydrogens (tertiary/aromatic N) is 3. The molecule has 2 N–H and O–H groups in total. The van der Waals surface area contributed by atoms with Crippen LogP contribution in [0.4, 0.5) is 13.2 Å². The molecule has 2 saturated heterocycles. The predicted molar refractivity (Wildman–Crippen MR) is 103 cm³/mol. The summed E-state index contributed by atoms with van der Waals surface area (Å²) in [6, 6.07) is 2.03. The number of alkyl halides is 3. The molecule has 1 atom stereocenters. The molecule has 0 radical (unpaired) electrons. The fraction of sp³-hybridized carbons (Fsp3) is 0.778. The van der Waals surface area contributed by atoms with E-state index in [0.717, 1.165) is 45.2 Å². The van der Waals surface area contributed by atoms with Gasteiger partial charge in [-0.2, -0.15) is 18.3 Å². The van der Waals surface area contributed by atoms with E-state index in [4.69, 9.17) is 0 Å². The summed E-state index contributed by atoms with van der Waals surface area (Å²) < 4.78 is 39.1. The number of piperidine rings is 2. The molecule has 0 bridgehead atoms. The molecule has 6 nitrogen and oxygen atoms in total. The van der Waals surface area contributed by atoms with Gasteiger partial charge in [0, 0.05) is 19.3 Å². The minimum Gasteiger partial charge on any atom is -0.351 e. The number of amides is 1. The highest BCUT2D eigenvalue weighted by Crippen LogP contribution is 2.24. The third kappa shape index (κ3) is 6.93. The summed E-state index contributed by atoms with van der Waals surface area (Å²) >= 11 is 0. The zero-order valence-electron chi connectivity index (χ0n) is 15.9. The van der Waals surface area contributed by atoms with Gasteiger partial charge >= 0.3 is 6.18 Å². The van der Waals surface area contributed by atoms with Crippen LogP contribution in [0, 0.1) is 5.92 Å². The van der Waals surface area contributed by atoms with Crippen molar-refractivity contribution in [3.8, 4) is 0 Å². The molecule has 2 aliphatic heterocycles. The van der Waals surface area contributed by atoms with Gasteiger partial charge in [0.05, 0.1) is 12.6 Å². The third-order valence-corrected chi connectivity index (χ3v) is 5.43. The number of hydrogen-bond acceptors (Lipinski definition) is 4. The molecule has 160 valence electrons. The summed E-state index contributed by atoms with van der Waals surface area (Å²) in [7, 11) is 0. The lowest BCUT2D eigenvalue weighted by Gasteiger charge is -2.32. The molecule has 2 aliphatic rings. The Morgan fingerprint density at radius 3 is 2.68 bits per heavy atom. The molecule has 0 spiro atoms. The summed E-state index contributed by atoms with van der Waals surface area (Å²) in [5.74, 6) is 0.174. The Hall–Kier alpha value is -1.32. The van der Waals surface area contributed by atoms with Crippen molar-refractivity contribution in [2.75, 3.05) is 39.3 Å². The van der Waals surface area contributed by atoms with Crippen LogP contribution in [0.5, 0.6) is 0 Å². The second-order valence-electron chi connectivity index (χ2n) is 7.56. The van der Waals surface area contributed by atoms with Gasteiger partial charge < -0.3 is 10.6 Å². The zero-order chi connectivity index (χ0) is 19.3. The average Bonchev–Trinajstić information content (AvgIpc) is 3.13. The highest BCUT2D eigenvalue weighted by molar-refractivity contribution is 5.92. The van der Waals surface area contributed by atoms with Crippen LogP contribution in [-0.4, -0.2) is 66.0 Å². The van der Waals surface area contributed by atoms with Gasteiger partial charge in [-0.15, -0.1) is 12.4 Å². The molecule has 10 heteroatoms. The Balaban J connectivity index is 0.00000280. The summed E-state index contributed by atoms with van der Waals surface area (Å²) in [5, 5.41) is 10.6. The minimum absolute atomic E-state index is 0. The second kappa shape index (κ2) is 10.5. The van der Waals surface area contributed by atoms with Crippen LogP contribution >= 0.6 is 12.4 Å². The Bertz CT molecular complexity index is 611. The number of carbonyl (C=O) groups excluding carboxylic acids is 1. The summed E-state index contributed by atoms with van der Waals surface area (Å²) in [6.45, 7) is 2.54. The molecule has 1 amide bonds. The lowest BCUT2D eigenvalue weighted by Crippen LogP contribution is -2.40. The molecule has 2 fully saturated rings. The second-order valence-corrected chi connectivity index (χ2v) is 7.56. The van der Waals surface area contributed by atoms with E-state index < -0.39 is 12.7 Å². The van der Waals surface area contributed by atoms with Crippen LogP contribution in [0.25, 0.3) is 0 Å². The van der Waals surface area contributed by atoms with Gasteiger partial charge in [0.25, 0.3) is 5.91 Å². The number of carbonyl (C=O) groups is 1. The molecule has 1 aromatic rings. The van der Waals surface area contributed by atoms with Crippen molar-refractivity contribution in [2.45, 2.75) is 44.3 Å². The molecule has 28 heavy (non-hydrogen) atoms. The minimum atomic E-state index is -4.13. The van der Waals surface area contributed by atoms with Crippen molar-refractivity contribution in [2.24, 2.45) is 5.92 Å². The van der Waals surface area contributed by atoms with E-state index in [9.17, 15) is 18.0 Å². The average molecular weight is 424 g/mol. The number of halogens is 4. The number of hydrogen-bond donors (Lipinski definition) is 2. The largest absolute Gasteiger partial charge is 0.401 e. The van der Waals surface area contributed by atoms with Gasteiger partial charge in [0.1, 0.15) is 5.69 Å². The quantitative estimate of drug-likeness (QED) is 0.738. The van der Waals surface area contributed by atoms with E-state index in [1.807, 2.05) is 10.9 Å². The van der Waals surface area contributed by atoms with Gasteiger partial charge in [-0.05, 0) is 63.7 Å². The fourth-order valence-electron chi connectivity index (χ4n) is 3.89. The van der Waals surface area contributed by atoms with Crippen molar-refractivity contribution < 1.29 is 18.0 Å². The van der Waals surface area contributed by atoms with E-state index in [-0.39, 0.29) is 18.3 Å². The standard InChI is InChI=1S/C18H28F3N5O.ClH/c19-18(20,21)13-25-9-4-14(5-10-25)3-8-23-17(27)16-6-11-26(24-16)15-2-1-7-22-12-15;/h6,11,14-15,22H,1-5,7-10,12-13H2,(H,23,27);1H. The van der Waals surface area contributed by atoms with Gasteiger partial charge in [-0.25, -0.2) is 0 Å². The zero-order valence-corrected chi connectivity index (χ0v) is 16.7. The lowest BCUT2D eigenvalue weighted by molar-refractivity contribution is -0.148. The maximum atomic E-state index is 12.4. The maximum absolute atomic E-state index is 12.4. The first-order valence-electron chi connectivity index (χ1n) is 9.74. The number of likely N-dealkylation sites (tertiary alicyclic amines) is 1. The summed E-state index contributed by atoms with van der Waals surface area (Å²) in [4.78, 5) is 13.7. The first-order valence-corrected chi connectivity index (χ1v) is 9.74. The highest BCUT2D eigenvalue weighted by Gasteiger charge is 2.32. The number of nitrogens with one attached hydrogen (secondary N) is 2. The van der Waals surface area contributed by atoms with Crippen LogP contribution in [0.1, 0.15) is 48.6 Å². The van der Waals surface area contributed by atoms with E-state index in [1.54, 1.807) is 6.07 Å². The Morgan fingerprint density at radius 1 is 1.29 bits per heavy atom. The first kappa shape index (κ1) is 23.0. The number of aromatic nitrogens is 2. The molecular weight excluding hydrogens is 395 g/mol. The predicted octanol–water partition coefficient (Wildman–Crippen LogP) is 2.62. The van der Waals surface area contributed by atoms with Gasteiger partial charge in [0.2, 0.25) is 0 Å². The third-order valence-electron chi connectivity index (χ3n) is 5.43. The normalized spacial score (nSPS) is 21.9. The van der Waals surface area contributed by atoms with E-state index in [2.05, 4.69) is 15.7 Å². The fourth-order valence-corrected chi connectivity index (χ4v) is 3.89. The molecule has 3 rings (SSSR count). The summed E-state index contributed by atoms with van der Waals surface area (Å²) in [6.07, 6.45) is 2.17. The molecule has 1 aromatic heterocycles. The van der Waals surface area contributed by atoms with Crippen LogP contribution in [0.3, 0.4) is 0 Å². The van der Waals surface area contributed by atoms with Crippen molar-refractivity contribution in [3.63, 3.8) is 0 Å². The Kier molecular flexibility index (Phi) is 8.57. The molecule has 1 unspecified atom stereocenters. The van der Waals surface area contributed by atoms with E-state index in [0.29, 0.717) is 37.3 Å². The van der Waals surface area contributed by atoms with Gasteiger partial charge in [0.15, 0.2) is 0 Å². The molecule has 3 heterocycles. The monoisotopic (exact) mass is 423 g/mol. The van der Waals surface area contributed by atoms with Crippen molar-refractivity contribution in [1.29, 1.82) is 0 Å². The van der Waals surface area contributed by atoms with Crippen LogP contribution < -0.4 is 10.6 Å². The topological polar surface area (TPSA) is 62.2 Å². The van der Waals surface area contributed by atoms with Crippen LogP contribution in [0.2, 0.25) is 0 Å². The highest BCUT2D eigenvalue weighted by atomic mass is 35.5. The smallest absolute Gasteiger partial charge is 0.351 e. The van der Waals surface area contributed by atoms with Crippen LogP contribution in [-0.2, 0) is 0 Å². The molecular formula is C18H29ClF3N5O. The van der Waals surface area contributed by atoms with Crippen molar-refractivity contribution in [1.82, 2.24) is 25.3 Å². The molecule has 0 aromatic carbocycles. The van der Waals surface area contributed by atoms with Crippen molar-refractivity contribution >= 4 is 18.3 Å². The maximum Gasteiger partial charge on any atom is 0.401 e. The molecule has 0 saturated carbocycles. The van der Waals surface area contributed by atoms with Gasteiger partial charge in [-0.1, -0.05) is 0 Å². The SMILES string of the molecule is Cl.O=C(NCCC1CCN(CC(F)(F)F)CC1)c1ccn(C2CCCNC2)n1. The van der Waals surface area contributed by atoms with Crippen LogP contribution in [0.15, 0.2) is 12.3 Å². The van der Waals surface area contributed by atoms with E-state index in [1.165, 1.54) is 4.90 Å². The Labute approximate surface area is 169 Å². The van der Waals surface area contributed by atoms with Gasteiger partial charge in [-0.3, -0.25) is 14.4 Å². The molecule has 0 aliphatic carbocycles. The first-order chi connectivity index (χ1) is 12.9. The number of rotatable bonds is 6.